The monoisotopic (exact) mass is 251 g/mol. The zero-order valence-electron chi connectivity index (χ0n) is 9.01. The maximum Gasteiger partial charge on any atom is 0.259 e. The van der Waals surface area contributed by atoms with E-state index >= 15 is 0 Å². The van der Waals surface area contributed by atoms with E-state index in [1.807, 2.05) is 0 Å². The first-order valence-electron chi connectivity index (χ1n) is 4.85. The van der Waals surface area contributed by atoms with Gasteiger partial charge < -0.3 is 10.4 Å². The van der Waals surface area contributed by atoms with E-state index in [9.17, 15) is 9.90 Å². The van der Waals surface area contributed by atoms with Gasteiger partial charge in [-0.1, -0.05) is 11.6 Å². The van der Waals surface area contributed by atoms with E-state index in [0.29, 0.717) is 10.7 Å². The Balaban J connectivity index is 2.20. The minimum atomic E-state index is -0.410. The van der Waals surface area contributed by atoms with Crippen LogP contribution in [0.4, 0.5) is 5.69 Å². The molecule has 0 spiro atoms. The quantitative estimate of drug-likeness (QED) is 0.858. The van der Waals surface area contributed by atoms with Crippen molar-refractivity contribution in [1.82, 2.24) is 9.78 Å². The minimum Gasteiger partial charge on any atom is -0.507 e. The van der Waals surface area contributed by atoms with E-state index in [1.54, 1.807) is 24.0 Å². The Morgan fingerprint density at radius 2 is 2.29 bits per heavy atom. The van der Waals surface area contributed by atoms with Crippen molar-refractivity contribution in [3.05, 3.63) is 41.2 Å². The van der Waals surface area contributed by atoms with Crippen LogP contribution >= 0.6 is 11.6 Å². The highest BCUT2D eigenvalue weighted by atomic mass is 35.5. The van der Waals surface area contributed by atoms with Gasteiger partial charge >= 0.3 is 0 Å². The smallest absolute Gasteiger partial charge is 0.259 e. The molecule has 0 atom stereocenters. The molecule has 0 aliphatic rings. The summed E-state index contributed by atoms with van der Waals surface area (Å²) in [5.41, 5.74) is 0.727. The van der Waals surface area contributed by atoms with Crippen molar-refractivity contribution in [2.75, 3.05) is 5.32 Å². The second-order valence-electron chi connectivity index (χ2n) is 3.52. The van der Waals surface area contributed by atoms with Crippen LogP contribution in [0.1, 0.15) is 10.4 Å². The molecule has 1 aromatic carbocycles. The van der Waals surface area contributed by atoms with Crippen LogP contribution in [-0.2, 0) is 7.05 Å². The number of rotatable bonds is 2. The van der Waals surface area contributed by atoms with E-state index in [4.69, 9.17) is 11.6 Å². The van der Waals surface area contributed by atoms with Crippen molar-refractivity contribution < 1.29 is 9.90 Å². The summed E-state index contributed by atoms with van der Waals surface area (Å²) in [6, 6.07) is 4.32. The third-order valence-corrected chi connectivity index (χ3v) is 2.40. The van der Waals surface area contributed by atoms with Crippen LogP contribution in [0.5, 0.6) is 5.75 Å². The van der Waals surface area contributed by atoms with Crippen molar-refractivity contribution in [1.29, 1.82) is 0 Å². The number of nitrogens with zero attached hydrogens (tertiary/aromatic N) is 2. The second-order valence-corrected chi connectivity index (χ2v) is 3.95. The molecule has 1 aromatic heterocycles. The molecular formula is C11H10ClN3O2. The zero-order valence-corrected chi connectivity index (χ0v) is 9.77. The summed E-state index contributed by atoms with van der Waals surface area (Å²) in [5, 5.41) is 16.5. The van der Waals surface area contributed by atoms with Gasteiger partial charge in [-0.05, 0) is 18.2 Å². The second kappa shape index (κ2) is 4.47. The number of aryl methyl sites for hydroxylation is 1. The van der Waals surface area contributed by atoms with E-state index in [2.05, 4.69) is 10.4 Å². The lowest BCUT2D eigenvalue weighted by Crippen LogP contribution is -2.11. The Morgan fingerprint density at radius 3 is 2.88 bits per heavy atom. The van der Waals surface area contributed by atoms with Gasteiger partial charge in [0.1, 0.15) is 5.75 Å². The standard InChI is InChI=1S/C11H10ClN3O2/c1-15-6-8(5-13-15)14-11(17)9-3-2-7(12)4-10(9)16/h2-6,16H,1H3,(H,14,17). The molecule has 0 fully saturated rings. The van der Waals surface area contributed by atoms with Gasteiger partial charge in [0.15, 0.2) is 0 Å². The fourth-order valence-corrected chi connectivity index (χ4v) is 1.55. The molecule has 0 aliphatic carbocycles. The van der Waals surface area contributed by atoms with E-state index in [1.165, 1.54) is 18.3 Å². The molecule has 0 aliphatic heterocycles. The molecule has 2 rings (SSSR count). The average Bonchev–Trinajstić information content (AvgIpc) is 2.63. The Kier molecular flexibility index (Phi) is 3.01. The van der Waals surface area contributed by atoms with E-state index in [-0.39, 0.29) is 11.3 Å². The normalized spacial score (nSPS) is 10.2. The highest BCUT2D eigenvalue weighted by Gasteiger charge is 2.12. The number of nitrogens with one attached hydrogen (secondary N) is 1. The van der Waals surface area contributed by atoms with Crippen LogP contribution in [0.2, 0.25) is 5.02 Å². The SMILES string of the molecule is Cn1cc(NC(=O)c2ccc(Cl)cc2O)cn1. The lowest BCUT2D eigenvalue weighted by Gasteiger charge is -2.04. The van der Waals surface area contributed by atoms with Crippen molar-refractivity contribution in [2.24, 2.45) is 7.05 Å². The third-order valence-electron chi connectivity index (χ3n) is 2.17. The molecule has 0 saturated heterocycles. The Morgan fingerprint density at radius 1 is 1.53 bits per heavy atom. The Hall–Kier alpha value is -2.01. The summed E-state index contributed by atoms with van der Waals surface area (Å²) in [4.78, 5) is 11.8. The van der Waals surface area contributed by atoms with Gasteiger partial charge in [-0.15, -0.1) is 0 Å². The summed E-state index contributed by atoms with van der Waals surface area (Å²) in [6.45, 7) is 0. The van der Waals surface area contributed by atoms with Gasteiger partial charge in [0.05, 0.1) is 17.4 Å². The lowest BCUT2D eigenvalue weighted by atomic mass is 10.2. The molecule has 17 heavy (non-hydrogen) atoms. The summed E-state index contributed by atoms with van der Waals surface area (Å²) in [7, 11) is 1.75. The average molecular weight is 252 g/mol. The first kappa shape index (κ1) is 11.5. The summed E-state index contributed by atoms with van der Waals surface area (Å²) < 4.78 is 1.57. The Bertz CT molecular complexity index is 566. The maximum absolute atomic E-state index is 11.8. The van der Waals surface area contributed by atoms with Gasteiger partial charge in [-0.25, -0.2) is 0 Å². The van der Waals surface area contributed by atoms with E-state index < -0.39 is 5.91 Å². The van der Waals surface area contributed by atoms with Crippen LogP contribution in [0, 0.1) is 0 Å². The van der Waals surface area contributed by atoms with Crippen molar-refractivity contribution in [3.8, 4) is 5.75 Å². The van der Waals surface area contributed by atoms with Crippen LogP contribution in [0.25, 0.3) is 0 Å². The number of hydrogen-bond donors (Lipinski definition) is 2. The molecule has 0 unspecified atom stereocenters. The first-order valence-corrected chi connectivity index (χ1v) is 5.22. The minimum absolute atomic E-state index is 0.154. The predicted molar refractivity (Wildman–Crippen MR) is 64.3 cm³/mol. The maximum atomic E-state index is 11.8. The van der Waals surface area contributed by atoms with Crippen molar-refractivity contribution in [2.45, 2.75) is 0 Å². The number of hydrogen-bond acceptors (Lipinski definition) is 3. The van der Waals surface area contributed by atoms with Crippen LogP contribution < -0.4 is 5.32 Å². The number of aromatic hydroxyl groups is 1. The van der Waals surface area contributed by atoms with Gasteiger partial charge in [0, 0.05) is 18.3 Å². The number of anilines is 1. The molecule has 0 saturated carbocycles. The zero-order chi connectivity index (χ0) is 12.4. The number of carbonyl (C=O) groups is 1. The van der Waals surface area contributed by atoms with Crippen LogP contribution in [-0.4, -0.2) is 20.8 Å². The van der Waals surface area contributed by atoms with Gasteiger partial charge in [0.2, 0.25) is 0 Å². The topological polar surface area (TPSA) is 67.2 Å². The summed E-state index contributed by atoms with van der Waals surface area (Å²) in [6.07, 6.45) is 3.18. The molecule has 5 nitrogen and oxygen atoms in total. The van der Waals surface area contributed by atoms with Gasteiger partial charge in [-0.2, -0.15) is 5.10 Å². The number of aromatic nitrogens is 2. The number of halogens is 1. The first-order chi connectivity index (χ1) is 8.06. The molecular weight excluding hydrogens is 242 g/mol. The molecule has 0 radical (unpaired) electrons. The van der Waals surface area contributed by atoms with Crippen molar-refractivity contribution >= 4 is 23.2 Å². The highest BCUT2D eigenvalue weighted by molar-refractivity contribution is 6.30. The summed E-state index contributed by atoms with van der Waals surface area (Å²) >= 11 is 5.68. The fraction of sp³-hybridized carbons (Fsp3) is 0.0909. The van der Waals surface area contributed by atoms with Gasteiger partial charge in [0.25, 0.3) is 5.91 Å². The number of benzene rings is 1. The molecule has 88 valence electrons. The largest absolute Gasteiger partial charge is 0.507 e. The van der Waals surface area contributed by atoms with Gasteiger partial charge in [-0.3, -0.25) is 9.48 Å². The predicted octanol–water partition coefficient (Wildman–Crippen LogP) is 2.03. The highest BCUT2D eigenvalue weighted by Crippen LogP contribution is 2.22. The molecule has 6 heteroatoms. The van der Waals surface area contributed by atoms with E-state index in [0.717, 1.165) is 0 Å². The lowest BCUT2D eigenvalue weighted by molar-refractivity contribution is 0.102. The van der Waals surface area contributed by atoms with Crippen molar-refractivity contribution in [3.63, 3.8) is 0 Å². The molecule has 1 amide bonds. The molecule has 2 N–H and O–H groups in total. The molecule has 2 aromatic rings. The number of carbonyl (C=O) groups excluding carboxylic acids is 1. The number of phenolic OH excluding ortho intramolecular Hbond substituents is 1. The molecule has 1 heterocycles. The fourth-order valence-electron chi connectivity index (χ4n) is 1.38. The molecule has 0 bridgehead atoms. The van der Waals surface area contributed by atoms with Crippen LogP contribution in [0.15, 0.2) is 30.6 Å². The summed E-state index contributed by atoms with van der Waals surface area (Å²) in [5.74, 6) is -0.564. The third kappa shape index (κ3) is 2.57. The number of amides is 1. The Labute approximate surface area is 103 Å². The number of phenols is 1. The van der Waals surface area contributed by atoms with Crippen LogP contribution in [0.3, 0.4) is 0 Å².